The Bertz CT molecular complexity index is 606. The molecule has 22 heavy (non-hydrogen) atoms. The van der Waals surface area contributed by atoms with Crippen molar-refractivity contribution >= 4 is 12.1 Å². The molecule has 1 amide bonds. The molecule has 0 spiro atoms. The average molecular weight is 313 g/mol. The summed E-state index contributed by atoms with van der Waals surface area (Å²) in [5.41, 5.74) is -2.18. The van der Waals surface area contributed by atoms with E-state index in [0.29, 0.717) is 6.07 Å². The summed E-state index contributed by atoms with van der Waals surface area (Å²) in [7, 11) is 0. The fourth-order valence-electron chi connectivity index (χ4n) is 2.36. The van der Waals surface area contributed by atoms with Crippen molar-refractivity contribution < 1.29 is 28.2 Å². The van der Waals surface area contributed by atoms with Crippen molar-refractivity contribution in [3.8, 4) is 0 Å². The van der Waals surface area contributed by atoms with Crippen LogP contribution in [-0.4, -0.2) is 28.3 Å². The normalized spacial score (nSPS) is 23.8. The fourth-order valence-corrected chi connectivity index (χ4v) is 2.36. The van der Waals surface area contributed by atoms with E-state index in [1.54, 1.807) is 20.8 Å². The number of amides is 1. The molecule has 0 saturated heterocycles. The Morgan fingerprint density at radius 2 is 1.82 bits per heavy atom. The molecule has 1 fully saturated rings. The maximum absolute atomic E-state index is 13.3. The van der Waals surface area contributed by atoms with Gasteiger partial charge in [-0.15, -0.1) is 0 Å². The molecule has 2 unspecified atom stereocenters. The molecule has 1 aliphatic rings. The summed E-state index contributed by atoms with van der Waals surface area (Å²) in [6.07, 6.45) is -0.834. The molecule has 2 atom stereocenters. The van der Waals surface area contributed by atoms with Gasteiger partial charge in [0.05, 0.1) is 0 Å². The minimum Gasteiger partial charge on any atom is -0.479 e. The molecular weight excluding hydrogens is 296 g/mol. The van der Waals surface area contributed by atoms with Crippen molar-refractivity contribution in [2.45, 2.75) is 44.2 Å². The van der Waals surface area contributed by atoms with E-state index >= 15 is 0 Å². The number of alkyl carbamates (subject to hydrolysis) is 1. The van der Waals surface area contributed by atoms with E-state index in [9.17, 15) is 23.5 Å². The summed E-state index contributed by atoms with van der Waals surface area (Å²) < 4.78 is 31.5. The average Bonchev–Trinajstić information content (AvgIpc) is 3.00. The van der Waals surface area contributed by atoms with Gasteiger partial charge in [-0.3, -0.25) is 0 Å². The molecule has 0 aromatic heterocycles. The molecule has 5 nitrogen and oxygen atoms in total. The molecule has 7 heteroatoms. The van der Waals surface area contributed by atoms with Crippen LogP contribution in [0.4, 0.5) is 13.6 Å². The minimum atomic E-state index is -1.59. The summed E-state index contributed by atoms with van der Waals surface area (Å²) in [5, 5.41) is 11.7. The minimum absolute atomic E-state index is 0.0461. The van der Waals surface area contributed by atoms with Crippen molar-refractivity contribution in [1.82, 2.24) is 5.32 Å². The zero-order chi connectivity index (χ0) is 16.7. The van der Waals surface area contributed by atoms with Crippen molar-refractivity contribution in [3.05, 3.63) is 35.4 Å². The third kappa shape index (κ3) is 3.35. The molecule has 1 aliphatic carbocycles. The van der Waals surface area contributed by atoms with Gasteiger partial charge in [0.1, 0.15) is 22.8 Å². The first-order valence-corrected chi connectivity index (χ1v) is 6.74. The number of carboxylic acid groups (broad SMARTS) is 1. The highest BCUT2D eigenvalue weighted by Crippen LogP contribution is 2.52. The Labute approximate surface area is 126 Å². The lowest BCUT2D eigenvalue weighted by Crippen LogP contribution is -2.46. The number of hydrogen-bond donors (Lipinski definition) is 2. The molecule has 0 bridgehead atoms. The Morgan fingerprint density at radius 1 is 1.27 bits per heavy atom. The molecular formula is C15H17F2NO4. The van der Waals surface area contributed by atoms with Crippen LogP contribution in [-0.2, 0) is 9.53 Å². The summed E-state index contributed by atoms with van der Waals surface area (Å²) in [6.45, 7) is 4.94. The third-order valence-electron chi connectivity index (χ3n) is 3.35. The van der Waals surface area contributed by atoms with Gasteiger partial charge < -0.3 is 15.2 Å². The highest BCUT2D eigenvalue weighted by molar-refractivity contribution is 5.90. The molecule has 0 aliphatic heterocycles. The van der Waals surface area contributed by atoms with Crippen molar-refractivity contribution in [3.63, 3.8) is 0 Å². The highest BCUT2D eigenvalue weighted by Gasteiger charge is 2.63. The second kappa shape index (κ2) is 5.23. The van der Waals surface area contributed by atoms with Crippen LogP contribution in [0.1, 0.15) is 38.7 Å². The van der Waals surface area contributed by atoms with Gasteiger partial charge in [-0.1, -0.05) is 0 Å². The fraction of sp³-hybridized carbons (Fsp3) is 0.467. The number of carboxylic acids is 1. The van der Waals surface area contributed by atoms with Crippen LogP contribution >= 0.6 is 0 Å². The second-order valence-corrected chi connectivity index (χ2v) is 6.36. The number of carbonyl (C=O) groups is 2. The van der Waals surface area contributed by atoms with Crippen LogP contribution in [0, 0.1) is 11.6 Å². The SMILES string of the molecule is CC(C)(C)OC(=O)NC1(C(=O)O)CC1c1cc(F)cc(F)c1. The predicted molar refractivity (Wildman–Crippen MR) is 73.5 cm³/mol. The van der Waals surface area contributed by atoms with E-state index in [4.69, 9.17) is 4.74 Å². The van der Waals surface area contributed by atoms with E-state index < -0.39 is 40.8 Å². The van der Waals surface area contributed by atoms with Gasteiger partial charge in [-0.2, -0.15) is 0 Å². The van der Waals surface area contributed by atoms with Crippen LogP contribution in [0.25, 0.3) is 0 Å². The summed E-state index contributed by atoms with van der Waals surface area (Å²) in [4.78, 5) is 23.3. The Hall–Kier alpha value is -2.18. The van der Waals surface area contributed by atoms with Gasteiger partial charge in [-0.05, 0) is 44.9 Å². The van der Waals surface area contributed by atoms with Crippen LogP contribution in [0.3, 0.4) is 0 Å². The number of benzene rings is 1. The maximum atomic E-state index is 13.3. The highest BCUT2D eigenvalue weighted by atomic mass is 19.1. The quantitative estimate of drug-likeness (QED) is 0.899. The lowest BCUT2D eigenvalue weighted by atomic mass is 10.1. The maximum Gasteiger partial charge on any atom is 0.408 e. The zero-order valence-corrected chi connectivity index (χ0v) is 12.4. The molecule has 0 radical (unpaired) electrons. The Balaban J connectivity index is 2.19. The molecule has 2 rings (SSSR count). The monoisotopic (exact) mass is 313 g/mol. The number of aliphatic carboxylic acids is 1. The Kier molecular flexibility index (Phi) is 3.85. The number of nitrogens with one attached hydrogen (secondary N) is 1. The number of rotatable bonds is 3. The first kappa shape index (κ1) is 16.2. The molecule has 2 N–H and O–H groups in total. The zero-order valence-electron chi connectivity index (χ0n) is 12.4. The number of carbonyl (C=O) groups excluding carboxylic acids is 1. The van der Waals surface area contributed by atoms with Gasteiger partial charge in [0.15, 0.2) is 0 Å². The molecule has 1 aromatic carbocycles. The summed E-state index contributed by atoms with van der Waals surface area (Å²) >= 11 is 0. The van der Waals surface area contributed by atoms with Gasteiger partial charge in [0.25, 0.3) is 0 Å². The summed E-state index contributed by atoms with van der Waals surface area (Å²) in [6, 6.07) is 2.83. The standard InChI is InChI=1S/C15H17F2NO4/c1-14(2,3)22-13(21)18-15(12(19)20)7-11(15)8-4-9(16)6-10(17)5-8/h4-6,11H,7H2,1-3H3,(H,18,21)(H,19,20). The van der Waals surface area contributed by atoms with Crippen LogP contribution in [0.2, 0.25) is 0 Å². The molecule has 120 valence electrons. The summed E-state index contributed by atoms with van der Waals surface area (Å²) in [5.74, 6) is -3.56. The van der Waals surface area contributed by atoms with Gasteiger partial charge >= 0.3 is 12.1 Å². The Morgan fingerprint density at radius 3 is 2.27 bits per heavy atom. The van der Waals surface area contributed by atoms with E-state index in [1.165, 1.54) is 0 Å². The van der Waals surface area contributed by atoms with E-state index in [1.807, 2.05) is 0 Å². The van der Waals surface area contributed by atoms with Crippen LogP contribution < -0.4 is 5.32 Å². The molecule has 1 saturated carbocycles. The second-order valence-electron chi connectivity index (χ2n) is 6.36. The van der Waals surface area contributed by atoms with Gasteiger partial charge in [0.2, 0.25) is 0 Å². The number of ether oxygens (including phenoxy) is 1. The first-order valence-electron chi connectivity index (χ1n) is 6.74. The van der Waals surface area contributed by atoms with Crippen molar-refractivity contribution in [1.29, 1.82) is 0 Å². The van der Waals surface area contributed by atoms with Gasteiger partial charge in [0, 0.05) is 12.0 Å². The van der Waals surface area contributed by atoms with E-state index in [2.05, 4.69) is 5.32 Å². The number of halogens is 2. The van der Waals surface area contributed by atoms with Crippen LogP contribution in [0.15, 0.2) is 18.2 Å². The van der Waals surface area contributed by atoms with Gasteiger partial charge in [-0.25, -0.2) is 18.4 Å². The largest absolute Gasteiger partial charge is 0.479 e. The number of hydrogen-bond acceptors (Lipinski definition) is 3. The molecule has 1 aromatic rings. The van der Waals surface area contributed by atoms with Crippen LogP contribution in [0.5, 0.6) is 0 Å². The van der Waals surface area contributed by atoms with E-state index in [0.717, 1.165) is 12.1 Å². The van der Waals surface area contributed by atoms with E-state index in [-0.39, 0.29) is 12.0 Å². The van der Waals surface area contributed by atoms with Crippen molar-refractivity contribution in [2.75, 3.05) is 0 Å². The molecule has 0 heterocycles. The first-order chi connectivity index (χ1) is 10.0. The predicted octanol–water partition coefficient (Wildman–Crippen LogP) is 2.80. The lowest BCUT2D eigenvalue weighted by Gasteiger charge is -2.22. The lowest BCUT2D eigenvalue weighted by molar-refractivity contribution is -0.140. The van der Waals surface area contributed by atoms with Crippen molar-refractivity contribution in [2.24, 2.45) is 0 Å². The smallest absolute Gasteiger partial charge is 0.408 e. The third-order valence-corrected chi connectivity index (χ3v) is 3.35. The topological polar surface area (TPSA) is 75.6 Å².